The van der Waals surface area contributed by atoms with E-state index in [4.69, 9.17) is 9.41 Å². The van der Waals surface area contributed by atoms with Gasteiger partial charge in [-0.3, -0.25) is 0 Å². The minimum atomic E-state index is 0.742. The van der Waals surface area contributed by atoms with Gasteiger partial charge in [-0.15, -0.1) is 0 Å². The number of unbranched alkanes of at least 4 members (excludes halogenated alkanes) is 2. The van der Waals surface area contributed by atoms with Crippen LogP contribution in [0.25, 0.3) is 0 Å². The van der Waals surface area contributed by atoms with Crippen molar-refractivity contribution in [2.24, 2.45) is 0 Å². The Morgan fingerprint density at radius 3 is 2.58 bits per heavy atom. The van der Waals surface area contributed by atoms with Crippen LogP contribution in [-0.2, 0) is 9.41 Å². The van der Waals surface area contributed by atoms with Gasteiger partial charge in [0, 0.05) is 13.2 Å². The average molecular weight is 172 g/mol. The second kappa shape index (κ2) is 10.9. The van der Waals surface area contributed by atoms with Crippen molar-refractivity contribution in [3.63, 3.8) is 0 Å². The zero-order chi connectivity index (χ0) is 9.07. The van der Waals surface area contributed by atoms with E-state index in [-0.39, 0.29) is 0 Å². The molecule has 0 heterocycles. The van der Waals surface area contributed by atoms with Crippen molar-refractivity contribution in [2.45, 2.75) is 39.5 Å². The van der Waals surface area contributed by atoms with Gasteiger partial charge in [-0.2, -0.15) is 0 Å². The summed E-state index contributed by atoms with van der Waals surface area (Å²) >= 11 is 0. The Morgan fingerprint density at radius 1 is 1.17 bits per heavy atom. The summed E-state index contributed by atoms with van der Waals surface area (Å²) in [5, 5.41) is 0. The van der Waals surface area contributed by atoms with Gasteiger partial charge >= 0.3 is 7.69 Å². The molecule has 0 bridgehead atoms. The third kappa shape index (κ3) is 9.94. The molecule has 71 valence electrons. The van der Waals surface area contributed by atoms with Gasteiger partial charge in [-0.05, 0) is 12.8 Å². The summed E-state index contributed by atoms with van der Waals surface area (Å²) in [5.74, 6) is 0. The minimum absolute atomic E-state index is 0.742. The lowest BCUT2D eigenvalue weighted by atomic mass is 10.3. The Hall–Kier alpha value is -0.0551. The molecule has 0 atom stereocenters. The van der Waals surface area contributed by atoms with Gasteiger partial charge in [-0.25, -0.2) is 5.48 Å². The van der Waals surface area contributed by atoms with Crippen LogP contribution in [-0.4, -0.2) is 20.8 Å². The molecule has 0 saturated heterocycles. The molecule has 0 saturated carbocycles. The third-order valence-electron chi connectivity index (χ3n) is 1.45. The molecular weight excluding hydrogens is 153 g/mol. The summed E-state index contributed by atoms with van der Waals surface area (Å²) in [7, 11) is 1.37. The lowest BCUT2D eigenvalue weighted by molar-refractivity contribution is 0.145. The van der Waals surface area contributed by atoms with Crippen LogP contribution in [0.4, 0.5) is 0 Å². The van der Waals surface area contributed by atoms with Crippen molar-refractivity contribution in [2.75, 3.05) is 13.2 Å². The van der Waals surface area contributed by atoms with Gasteiger partial charge in [0.05, 0.1) is 0 Å². The van der Waals surface area contributed by atoms with E-state index in [1.54, 1.807) is 0 Å². The Kier molecular flexibility index (Phi) is 10.9. The summed E-state index contributed by atoms with van der Waals surface area (Å²) in [6.45, 7) is 5.89. The smallest absolute Gasteiger partial charge is 0.412 e. The van der Waals surface area contributed by atoms with Crippen molar-refractivity contribution >= 4 is 7.69 Å². The number of nitrogens with one attached hydrogen (secondary N) is 1. The van der Waals surface area contributed by atoms with E-state index in [1.807, 2.05) is 0 Å². The van der Waals surface area contributed by atoms with Crippen LogP contribution in [0.1, 0.15) is 39.5 Å². The highest BCUT2D eigenvalue weighted by molar-refractivity contribution is 6.17. The normalized spacial score (nSPS) is 10.2. The van der Waals surface area contributed by atoms with E-state index in [2.05, 4.69) is 19.3 Å². The van der Waals surface area contributed by atoms with Crippen LogP contribution in [0.3, 0.4) is 0 Å². The summed E-state index contributed by atoms with van der Waals surface area (Å²) in [6, 6.07) is 0. The van der Waals surface area contributed by atoms with Gasteiger partial charge in [0.25, 0.3) is 0 Å². The summed E-state index contributed by atoms with van der Waals surface area (Å²) in [6.07, 6.45) is 4.53. The maximum Gasteiger partial charge on any atom is 0.506 e. The molecule has 0 aromatic carbocycles. The van der Waals surface area contributed by atoms with Gasteiger partial charge < -0.3 is 9.41 Å². The molecule has 1 N–H and O–H groups in total. The quantitative estimate of drug-likeness (QED) is 0.326. The first-order chi connectivity index (χ1) is 5.91. The molecule has 3 nitrogen and oxygen atoms in total. The predicted molar refractivity (Wildman–Crippen MR) is 50.6 cm³/mol. The zero-order valence-electron chi connectivity index (χ0n) is 8.14. The Bertz CT molecular complexity index is 73.5. The van der Waals surface area contributed by atoms with Gasteiger partial charge in [0.15, 0.2) is 0 Å². The summed E-state index contributed by atoms with van der Waals surface area (Å²) in [4.78, 5) is 0. The fraction of sp³-hybridized carbons (Fsp3) is 1.00. The van der Waals surface area contributed by atoms with Crippen LogP contribution in [0, 0.1) is 0 Å². The fourth-order valence-electron chi connectivity index (χ4n) is 0.652. The Morgan fingerprint density at radius 2 is 1.92 bits per heavy atom. The summed E-state index contributed by atoms with van der Waals surface area (Å²) < 4.78 is 9.93. The lowest BCUT2D eigenvalue weighted by Crippen LogP contribution is -2.20. The van der Waals surface area contributed by atoms with Crippen molar-refractivity contribution in [1.29, 1.82) is 0 Å². The zero-order valence-corrected chi connectivity index (χ0v) is 8.14. The molecule has 0 rings (SSSR count). The van der Waals surface area contributed by atoms with E-state index in [9.17, 15) is 0 Å². The van der Waals surface area contributed by atoms with Crippen molar-refractivity contribution in [1.82, 2.24) is 5.48 Å². The predicted octanol–water partition coefficient (Wildman–Crippen LogP) is 1.66. The van der Waals surface area contributed by atoms with E-state index >= 15 is 0 Å². The highest BCUT2D eigenvalue weighted by Crippen LogP contribution is 1.86. The van der Waals surface area contributed by atoms with Crippen LogP contribution in [0.15, 0.2) is 0 Å². The molecule has 0 aliphatic rings. The lowest BCUT2D eigenvalue weighted by Gasteiger charge is -2.03. The number of rotatable bonds is 9. The maximum absolute atomic E-state index is 5.04. The Labute approximate surface area is 76.1 Å². The van der Waals surface area contributed by atoms with Gasteiger partial charge in [0.1, 0.15) is 0 Å². The topological polar surface area (TPSA) is 30.5 Å². The highest BCUT2D eigenvalue weighted by Gasteiger charge is 1.92. The second-order valence-electron chi connectivity index (χ2n) is 2.69. The highest BCUT2D eigenvalue weighted by atomic mass is 16.7. The molecule has 0 aromatic heterocycles. The fourth-order valence-corrected chi connectivity index (χ4v) is 0.652. The van der Waals surface area contributed by atoms with E-state index in [1.165, 1.54) is 14.1 Å². The molecule has 0 fully saturated rings. The molecule has 0 aromatic rings. The molecule has 0 aliphatic carbocycles. The average Bonchev–Trinajstić information content (AvgIpc) is 2.10. The molecule has 1 radical (unpaired) electrons. The number of hydrogen-bond donors (Lipinski definition) is 1. The van der Waals surface area contributed by atoms with E-state index < -0.39 is 0 Å². The second-order valence-corrected chi connectivity index (χ2v) is 2.69. The molecule has 0 aliphatic heterocycles. The SMILES string of the molecule is CCCCNO[B]OCCCC. The Balaban J connectivity index is 2.73. The van der Waals surface area contributed by atoms with E-state index in [0.717, 1.165) is 32.4 Å². The maximum atomic E-state index is 5.04. The molecule has 0 amide bonds. The van der Waals surface area contributed by atoms with Crippen LogP contribution in [0.5, 0.6) is 0 Å². The minimum Gasteiger partial charge on any atom is -0.412 e. The molecule has 0 spiro atoms. The molecule has 12 heavy (non-hydrogen) atoms. The van der Waals surface area contributed by atoms with Crippen LogP contribution >= 0.6 is 0 Å². The summed E-state index contributed by atoms with van der Waals surface area (Å²) in [5.41, 5.74) is 2.78. The number of hydroxylamine groups is 1. The number of hydrogen-bond acceptors (Lipinski definition) is 3. The molecule has 0 unspecified atom stereocenters. The van der Waals surface area contributed by atoms with Gasteiger partial charge in [-0.1, -0.05) is 26.7 Å². The first-order valence-corrected chi connectivity index (χ1v) is 4.73. The first kappa shape index (κ1) is 11.9. The first-order valence-electron chi connectivity index (χ1n) is 4.73. The third-order valence-corrected chi connectivity index (χ3v) is 1.45. The van der Waals surface area contributed by atoms with E-state index in [0.29, 0.717) is 0 Å². The van der Waals surface area contributed by atoms with Crippen LogP contribution < -0.4 is 5.48 Å². The van der Waals surface area contributed by atoms with Crippen molar-refractivity contribution in [3.05, 3.63) is 0 Å². The van der Waals surface area contributed by atoms with Crippen LogP contribution in [0.2, 0.25) is 0 Å². The molecule has 4 heteroatoms. The van der Waals surface area contributed by atoms with Crippen molar-refractivity contribution < 1.29 is 9.41 Å². The standard InChI is InChI=1S/C8H19BNO2/c1-3-5-7-10-12-9-11-8-6-4-2/h10H,3-8H2,1-2H3. The van der Waals surface area contributed by atoms with Crippen molar-refractivity contribution in [3.8, 4) is 0 Å². The monoisotopic (exact) mass is 172 g/mol. The van der Waals surface area contributed by atoms with Gasteiger partial charge in [0.2, 0.25) is 0 Å². The molecular formula is C8H19BNO2. The largest absolute Gasteiger partial charge is 0.506 e.